The summed E-state index contributed by atoms with van der Waals surface area (Å²) in [4.78, 5) is 15.2. The second-order valence-electron chi connectivity index (χ2n) is 5.32. The van der Waals surface area contributed by atoms with Gasteiger partial charge in [0.2, 0.25) is 0 Å². The van der Waals surface area contributed by atoms with E-state index in [4.69, 9.17) is 0 Å². The van der Waals surface area contributed by atoms with Crippen molar-refractivity contribution in [2.75, 3.05) is 0 Å². The predicted molar refractivity (Wildman–Crippen MR) is 85.6 cm³/mol. The molecule has 0 aliphatic heterocycles. The largest absolute Gasteiger partial charge is 0.273 e. The molecule has 0 spiro atoms. The molecule has 0 saturated heterocycles. The van der Waals surface area contributed by atoms with Crippen molar-refractivity contribution in [2.45, 2.75) is 26.7 Å². The Labute approximate surface area is 124 Å². The van der Waals surface area contributed by atoms with E-state index in [0.29, 0.717) is 0 Å². The van der Waals surface area contributed by atoms with Crippen molar-refractivity contribution in [1.82, 2.24) is 0 Å². The quantitative estimate of drug-likeness (QED) is 0.460. The average Bonchev–Trinajstić information content (AvgIpc) is 2.46. The summed E-state index contributed by atoms with van der Waals surface area (Å²) in [6.07, 6.45) is 1.65. The van der Waals surface area contributed by atoms with Crippen molar-refractivity contribution in [3.8, 4) is 0 Å². The van der Waals surface area contributed by atoms with Crippen molar-refractivity contribution in [2.24, 2.45) is 4.99 Å². The van der Waals surface area contributed by atoms with Crippen LogP contribution in [0.2, 0.25) is 0 Å². The van der Waals surface area contributed by atoms with Crippen molar-refractivity contribution >= 4 is 17.6 Å². The third-order valence-corrected chi connectivity index (χ3v) is 3.27. The first-order chi connectivity index (χ1) is 9.97. The van der Waals surface area contributed by atoms with Crippen LogP contribution in [-0.2, 0) is 0 Å². The number of rotatable bonds is 4. The molecule has 2 aromatic rings. The molecule has 0 bridgehead atoms. The summed E-state index contributed by atoms with van der Waals surface area (Å²) in [5.74, 6) is 0.119. The minimum Gasteiger partial charge on any atom is -0.258 e. The fraction of sp³-hybridized carbons (Fsp3) is 0.235. The van der Waals surface area contributed by atoms with Crippen LogP contribution in [0.4, 0.5) is 11.4 Å². The van der Waals surface area contributed by atoms with E-state index >= 15 is 0 Å². The molecule has 4 nitrogen and oxygen atoms in total. The van der Waals surface area contributed by atoms with E-state index in [1.54, 1.807) is 18.3 Å². The van der Waals surface area contributed by atoms with Crippen LogP contribution >= 0.6 is 0 Å². The van der Waals surface area contributed by atoms with E-state index in [9.17, 15) is 10.1 Å². The molecule has 0 fully saturated rings. The summed E-state index contributed by atoms with van der Waals surface area (Å²) >= 11 is 0. The molecule has 0 aliphatic carbocycles. The molecule has 0 unspecified atom stereocenters. The Kier molecular flexibility index (Phi) is 4.48. The van der Waals surface area contributed by atoms with Gasteiger partial charge in [0, 0.05) is 17.8 Å². The van der Waals surface area contributed by atoms with Gasteiger partial charge in [0.25, 0.3) is 5.69 Å². The van der Waals surface area contributed by atoms with Gasteiger partial charge in [-0.1, -0.05) is 43.7 Å². The van der Waals surface area contributed by atoms with Crippen LogP contribution in [0.1, 0.15) is 36.5 Å². The van der Waals surface area contributed by atoms with E-state index < -0.39 is 0 Å². The third kappa shape index (κ3) is 3.75. The van der Waals surface area contributed by atoms with Crippen LogP contribution in [0.5, 0.6) is 0 Å². The number of hydrogen-bond donors (Lipinski definition) is 0. The summed E-state index contributed by atoms with van der Waals surface area (Å²) in [5, 5.41) is 11.2. The fourth-order valence-electron chi connectivity index (χ4n) is 2.07. The van der Waals surface area contributed by atoms with E-state index in [0.717, 1.165) is 16.8 Å². The number of aliphatic imine (C=N–C) groups is 1. The second kappa shape index (κ2) is 6.31. The predicted octanol–water partition coefficient (Wildman–Crippen LogP) is 4.78. The molecule has 0 heterocycles. The van der Waals surface area contributed by atoms with Crippen molar-refractivity contribution in [3.63, 3.8) is 0 Å². The van der Waals surface area contributed by atoms with Gasteiger partial charge in [-0.25, -0.2) is 0 Å². The molecule has 0 saturated carbocycles. The molecule has 21 heavy (non-hydrogen) atoms. The van der Waals surface area contributed by atoms with Gasteiger partial charge in [-0.2, -0.15) is 0 Å². The standard InChI is InChI=1S/C17H18N2O2/c1-12(2)16-9-6-14(10-17(16)19(20)21)11-18-15-7-4-13(3)5-8-15/h4-12H,1-3H3. The first-order valence-electron chi connectivity index (χ1n) is 6.86. The lowest BCUT2D eigenvalue weighted by Gasteiger charge is -2.06. The second-order valence-corrected chi connectivity index (χ2v) is 5.32. The normalized spacial score (nSPS) is 11.2. The first kappa shape index (κ1) is 14.9. The Morgan fingerprint density at radius 2 is 1.81 bits per heavy atom. The van der Waals surface area contributed by atoms with Gasteiger partial charge >= 0.3 is 0 Å². The highest BCUT2D eigenvalue weighted by atomic mass is 16.6. The van der Waals surface area contributed by atoms with Gasteiger partial charge in [-0.15, -0.1) is 0 Å². The average molecular weight is 282 g/mol. The monoisotopic (exact) mass is 282 g/mol. The van der Waals surface area contributed by atoms with Gasteiger partial charge in [0.1, 0.15) is 0 Å². The zero-order valence-corrected chi connectivity index (χ0v) is 12.4. The van der Waals surface area contributed by atoms with Gasteiger partial charge in [0.05, 0.1) is 10.6 Å². The van der Waals surface area contributed by atoms with Crippen LogP contribution in [-0.4, -0.2) is 11.1 Å². The zero-order valence-electron chi connectivity index (χ0n) is 12.4. The van der Waals surface area contributed by atoms with Gasteiger partial charge in [-0.05, 0) is 30.5 Å². The molecule has 0 atom stereocenters. The number of nitrogens with zero attached hydrogens (tertiary/aromatic N) is 2. The van der Waals surface area contributed by atoms with E-state index in [1.807, 2.05) is 51.1 Å². The molecular weight excluding hydrogens is 264 g/mol. The van der Waals surface area contributed by atoms with Crippen LogP contribution in [0.15, 0.2) is 47.5 Å². The van der Waals surface area contributed by atoms with E-state index in [1.165, 1.54) is 5.56 Å². The Balaban J connectivity index is 2.30. The summed E-state index contributed by atoms with van der Waals surface area (Å²) in [6.45, 7) is 5.91. The Morgan fingerprint density at radius 3 is 2.38 bits per heavy atom. The molecule has 2 rings (SSSR count). The maximum absolute atomic E-state index is 11.2. The van der Waals surface area contributed by atoms with E-state index in [-0.39, 0.29) is 16.5 Å². The summed E-state index contributed by atoms with van der Waals surface area (Å²) in [6, 6.07) is 13.0. The lowest BCUT2D eigenvalue weighted by atomic mass is 9.99. The summed E-state index contributed by atoms with van der Waals surface area (Å²) in [5.41, 5.74) is 3.62. The van der Waals surface area contributed by atoms with Crippen molar-refractivity contribution in [1.29, 1.82) is 0 Å². The minimum atomic E-state index is -0.335. The van der Waals surface area contributed by atoms with Crippen molar-refractivity contribution < 1.29 is 4.92 Å². The number of benzene rings is 2. The molecule has 2 aromatic carbocycles. The molecule has 0 aromatic heterocycles. The number of hydrogen-bond acceptors (Lipinski definition) is 3. The molecule has 0 amide bonds. The SMILES string of the molecule is Cc1ccc(N=Cc2ccc(C(C)C)c([N+](=O)[O-])c2)cc1. The highest BCUT2D eigenvalue weighted by Gasteiger charge is 2.16. The minimum absolute atomic E-state index is 0.119. The van der Waals surface area contributed by atoms with E-state index in [2.05, 4.69) is 4.99 Å². The number of aryl methyl sites for hydroxylation is 1. The van der Waals surface area contributed by atoms with Crippen molar-refractivity contribution in [3.05, 3.63) is 69.3 Å². The molecule has 0 N–H and O–H groups in total. The molecule has 108 valence electrons. The lowest BCUT2D eigenvalue weighted by molar-refractivity contribution is -0.385. The van der Waals surface area contributed by atoms with Crippen LogP contribution in [0, 0.1) is 17.0 Å². The highest BCUT2D eigenvalue weighted by molar-refractivity contribution is 5.83. The topological polar surface area (TPSA) is 55.5 Å². The summed E-state index contributed by atoms with van der Waals surface area (Å²) in [7, 11) is 0. The van der Waals surface area contributed by atoms with Crippen LogP contribution in [0.3, 0.4) is 0 Å². The first-order valence-corrected chi connectivity index (χ1v) is 6.86. The Morgan fingerprint density at radius 1 is 1.14 bits per heavy atom. The zero-order chi connectivity index (χ0) is 15.4. The number of nitro groups is 1. The summed E-state index contributed by atoms with van der Waals surface area (Å²) < 4.78 is 0. The van der Waals surface area contributed by atoms with Gasteiger partial charge in [0.15, 0.2) is 0 Å². The lowest BCUT2D eigenvalue weighted by Crippen LogP contribution is -1.98. The van der Waals surface area contributed by atoms with Gasteiger partial charge in [-0.3, -0.25) is 15.1 Å². The Hall–Kier alpha value is -2.49. The molecule has 4 heteroatoms. The highest BCUT2D eigenvalue weighted by Crippen LogP contribution is 2.27. The van der Waals surface area contributed by atoms with Gasteiger partial charge < -0.3 is 0 Å². The molecular formula is C17H18N2O2. The maximum atomic E-state index is 11.2. The van der Waals surface area contributed by atoms with Crippen LogP contribution < -0.4 is 0 Å². The molecule has 0 radical (unpaired) electrons. The number of nitro benzene ring substituents is 1. The molecule has 0 aliphatic rings. The fourth-order valence-corrected chi connectivity index (χ4v) is 2.07. The maximum Gasteiger partial charge on any atom is 0.273 e. The smallest absolute Gasteiger partial charge is 0.258 e. The third-order valence-electron chi connectivity index (χ3n) is 3.27. The Bertz CT molecular complexity index is 674. The van der Waals surface area contributed by atoms with Crippen LogP contribution in [0.25, 0.3) is 0 Å².